The molecule has 0 N–H and O–H groups in total. The molecule has 1 atom stereocenters. The van der Waals surface area contributed by atoms with Crippen molar-refractivity contribution in [1.82, 2.24) is 29.5 Å². The predicted octanol–water partition coefficient (Wildman–Crippen LogP) is 2.19. The van der Waals surface area contributed by atoms with Crippen molar-refractivity contribution in [3.8, 4) is 0 Å². The Morgan fingerprint density at radius 3 is 2.30 bits per heavy atom. The third-order valence-electron chi connectivity index (χ3n) is 2.30. The van der Waals surface area contributed by atoms with Crippen LogP contribution in [0, 0.1) is 0 Å². The molecule has 0 spiro atoms. The summed E-state index contributed by atoms with van der Waals surface area (Å²) in [4.78, 5) is 4.04. The summed E-state index contributed by atoms with van der Waals surface area (Å²) in [5.41, 5.74) is 0. The van der Waals surface area contributed by atoms with Crippen LogP contribution in [0.4, 0.5) is 13.2 Å². The van der Waals surface area contributed by atoms with Crippen molar-refractivity contribution >= 4 is 23.5 Å². The van der Waals surface area contributed by atoms with E-state index in [9.17, 15) is 13.2 Å². The van der Waals surface area contributed by atoms with Gasteiger partial charge >= 0.3 is 6.18 Å². The maximum atomic E-state index is 12.6. The quantitative estimate of drug-likeness (QED) is 0.635. The second kappa shape index (κ2) is 5.64. The minimum Gasteiger partial charge on any atom is -0.302 e. The topological polar surface area (TPSA) is 61.4 Å². The zero-order valence-corrected chi connectivity index (χ0v) is 12.4. The summed E-state index contributed by atoms with van der Waals surface area (Å²) in [7, 11) is 3.04. The van der Waals surface area contributed by atoms with E-state index < -0.39 is 12.0 Å². The van der Waals surface area contributed by atoms with E-state index in [0.29, 0.717) is 5.16 Å². The maximum absolute atomic E-state index is 12.6. The molecule has 110 valence electrons. The first-order valence-corrected chi connectivity index (χ1v) is 7.19. The van der Waals surface area contributed by atoms with Gasteiger partial charge in [-0.15, -0.1) is 10.2 Å². The minimum absolute atomic E-state index is 0.0816. The highest BCUT2D eigenvalue weighted by atomic mass is 32.2. The summed E-state index contributed by atoms with van der Waals surface area (Å²) < 4.78 is 40.3. The van der Waals surface area contributed by atoms with Crippen LogP contribution in [0.2, 0.25) is 0 Å². The lowest BCUT2D eigenvalue weighted by atomic mass is 10.6. The molecule has 2 aromatic rings. The van der Waals surface area contributed by atoms with Gasteiger partial charge in [0.15, 0.2) is 10.3 Å². The number of nitrogens with zero attached hydrogens (tertiary/aromatic N) is 6. The molecule has 0 bridgehead atoms. The molecule has 1 unspecified atom stereocenters. The summed E-state index contributed by atoms with van der Waals surface area (Å²) in [6, 6.07) is 0. The van der Waals surface area contributed by atoms with Crippen LogP contribution in [0.3, 0.4) is 0 Å². The van der Waals surface area contributed by atoms with Gasteiger partial charge in [0.25, 0.3) is 0 Å². The van der Waals surface area contributed by atoms with E-state index in [1.54, 1.807) is 11.7 Å². The molecule has 0 saturated heterocycles. The number of aromatic nitrogens is 6. The van der Waals surface area contributed by atoms with Crippen LogP contribution >= 0.6 is 23.5 Å². The van der Waals surface area contributed by atoms with Gasteiger partial charge < -0.3 is 4.57 Å². The lowest BCUT2D eigenvalue weighted by Crippen LogP contribution is -2.13. The van der Waals surface area contributed by atoms with Crippen LogP contribution in [0.1, 0.15) is 12.7 Å². The van der Waals surface area contributed by atoms with Crippen molar-refractivity contribution in [2.24, 2.45) is 14.1 Å². The van der Waals surface area contributed by atoms with Gasteiger partial charge in [-0.3, -0.25) is 0 Å². The molecule has 2 rings (SSSR count). The lowest BCUT2D eigenvalue weighted by Gasteiger charge is -2.10. The van der Waals surface area contributed by atoms with Crippen LogP contribution in [0.5, 0.6) is 0 Å². The normalized spacial score (nSPS) is 13.7. The van der Waals surface area contributed by atoms with E-state index >= 15 is 0 Å². The van der Waals surface area contributed by atoms with Crippen molar-refractivity contribution in [3.63, 3.8) is 0 Å². The summed E-state index contributed by atoms with van der Waals surface area (Å²) in [5, 5.41) is 11.6. The number of hydrogen-bond donors (Lipinski definition) is 0. The number of thioether (sulfide) groups is 2. The number of halogens is 3. The fourth-order valence-corrected chi connectivity index (χ4v) is 3.32. The van der Waals surface area contributed by atoms with Gasteiger partial charge in [-0.1, -0.05) is 23.5 Å². The Hall–Kier alpha value is -1.23. The van der Waals surface area contributed by atoms with Crippen LogP contribution in [-0.4, -0.2) is 34.1 Å². The highest BCUT2D eigenvalue weighted by Gasteiger charge is 2.37. The Bertz CT molecular complexity index is 593. The molecule has 0 amide bonds. The van der Waals surface area contributed by atoms with Crippen LogP contribution in [0.25, 0.3) is 0 Å². The van der Waals surface area contributed by atoms with Crippen LogP contribution in [0.15, 0.2) is 16.6 Å². The summed E-state index contributed by atoms with van der Waals surface area (Å²) in [5.74, 6) is -1.00. The molecule has 0 aromatic carbocycles. The Labute approximate surface area is 121 Å². The molecule has 0 fully saturated rings. The molecule has 20 heavy (non-hydrogen) atoms. The van der Waals surface area contributed by atoms with Gasteiger partial charge in [0.05, 0.1) is 4.58 Å². The first-order chi connectivity index (χ1) is 9.29. The summed E-state index contributed by atoms with van der Waals surface area (Å²) in [6.07, 6.45) is -3.08. The zero-order chi connectivity index (χ0) is 14.9. The summed E-state index contributed by atoms with van der Waals surface area (Å²) >= 11 is 2.57. The lowest BCUT2D eigenvalue weighted by molar-refractivity contribution is -0.147. The zero-order valence-electron chi connectivity index (χ0n) is 10.8. The number of aryl methyl sites for hydroxylation is 1. The Kier molecular flexibility index (Phi) is 4.28. The molecular weight excluding hydrogens is 313 g/mol. The van der Waals surface area contributed by atoms with E-state index in [-0.39, 0.29) is 9.74 Å². The molecule has 0 radical (unpaired) electrons. The van der Waals surface area contributed by atoms with E-state index in [1.165, 1.54) is 36.9 Å². The number of alkyl halides is 3. The molecular formula is C9H11F3N6S2. The molecule has 0 aliphatic carbocycles. The van der Waals surface area contributed by atoms with Crippen LogP contribution < -0.4 is 0 Å². The first-order valence-electron chi connectivity index (χ1n) is 5.43. The number of rotatable bonds is 4. The minimum atomic E-state index is -4.50. The standard InChI is InChI=1S/C9H11F3N6S2/c1-5(19-7-13-4-14-18(7)3)20-8-16-15-6(17(8)2)9(10,11)12/h4-5H,1-3H3. The second-order valence-corrected chi connectivity index (χ2v) is 6.75. The van der Waals surface area contributed by atoms with Crippen molar-refractivity contribution in [2.45, 2.75) is 28.0 Å². The monoisotopic (exact) mass is 324 g/mol. The fraction of sp³-hybridized carbons (Fsp3) is 0.556. The fourth-order valence-electron chi connectivity index (χ4n) is 1.38. The van der Waals surface area contributed by atoms with Gasteiger partial charge in [-0.2, -0.15) is 18.3 Å². The van der Waals surface area contributed by atoms with E-state index in [0.717, 1.165) is 4.57 Å². The summed E-state index contributed by atoms with van der Waals surface area (Å²) in [6.45, 7) is 1.85. The number of hydrogen-bond acceptors (Lipinski definition) is 6. The Morgan fingerprint density at radius 1 is 1.15 bits per heavy atom. The van der Waals surface area contributed by atoms with Crippen LogP contribution in [-0.2, 0) is 20.3 Å². The van der Waals surface area contributed by atoms with E-state index in [1.807, 2.05) is 6.92 Å². The molecule has 0 saturated carbocycles. The Morgan fingerprint density at radius 2 is 1.80 bits per heavy atom. The molecule has 2 heterocycles. The average Bonchev–Trinajstić information content (AvgIpc) is 2.87. The Balaban J connectivity index is 2.07. The van der Waals surface area contributed by atoms with Gasteiger partial charge in [0, 0.05) is 14.1 Å². The highest BCUT2D eigenvalue weighted by Crippen LogP contribution is 2.35. The third kappa shape index (κ3) is 3.26. The van der Waals surface area contributed by atoms with Gasteiger partial charge in [0.1, 0.15) is 6.33 Å². The van der Waals surface area contributed by atoms with E-state index in [4.69, 9.17) is 0 Å². The molecule has 0 aliphatic rings. The molecule has 2 aromatic heterocycles. The van der Waals surface area contributed by atoms with Crippen molar-refractivity contribution in [1.29, 1.82) is 0 Å². The average molecular weight is 324 g/mol. The molecule has 6 nitrogen and oxygen atoms in total. The van der Waals surface area contributed by atoms with Crippen molar-refractivity contribution in [2.75, 3.05) is 0 Å². The third-order valence-corrected chi connectivity index (χ3v) is 4.69. The first kappa shape index (κ1) is 15.2. The van der Waals surface area contributed by atoms with Gasteiger partial charge in [-0.05, 0) is 6.92 Å². The smallest absolute Gasteiger partial charge is 0.302 e. The molecule has 11 heteroatoms. The van der Waals surface area contributed by atoms with Crippen molar-refractivity contribution in [3.05, 3.63) is 12.2 Å². The molecule has 0 aliphatic heterocycles. The van der Waals surface area contributed by atoms with E-state index in [2.05, 4.69) is 20.3 Å². The van der Waals surface area contributed by atoms with Crippen molar-refractivity contribution < 1.29 is 13.2 Å². The highest BCUT2D eigenvalue weighted by molar-refractivity contribution is 8.16. The predicted molar refractivity (Wildman–Crippen MR) is 68.2 cm³/mol. The SMILES string of the molecule is CC(Sc1ncnn1C)Sc1nnc(C(F)(F)F)n1C. The van der Waals surface area contributed by atoms with Gasteiger partial charge in [0.2, 0.25) is 5.82 Å². The largest absolute Gasteiger partial charge is 0.451 e. The maximum Gasteiger partial charge on any atom is 0.451 e. The van der Waals surface area contributed by atoms with Gasteiger partial charge in [-0.25, -0.2) is 9.67 Å². The second-order valence-electron chi connectivity index (χ2n) is 3.83.